The molecule has 0 amide bonds. The van der Waals surface area contributed by atoms with E-state index in [-0.39, 0.29) is 29.1 Å². The molecular weight excluding hydrogens is 444 g/mol. The molecule has 2 aliphatic carbocycles. The van der Waals surface area contributed by atoms with Gasteiger partial charge in [-0.1, -0.05) is 37.0 Å². The summed E-state index contributed by atoms with van der Waals surface area (Å²) in [6, 6.07) is 0. The Morgan fingerprint density at radius 1 is 1.26 bits per heavy atom. The average Bonchev–Trinajstić information content (AvgIpc) is 3.21. The first-order chi connectivity index (χ1) is 16.0. The highest BCUT2D eigenvalue weighted by Gasteiger charge is 2.58. The molecular formula is C25H30O9. The zero-order valence-electron chi connectivity index (χ0n) is 19.2. The minimum Gasteiger partial charge on any atom is -0.458 e. The van der Waals surface area contributed by atoms with Gasteiger partial charge in [-0.25, -0.2) is 14.4 Å². The Kier molecular flexibility index (Phi) is 7.60. The van der Waals surface area contributed by atoms with Crippen LogP contribution in [0.5, 0.6) is 0 Å². The van der Waals surface area contributed by atoms with E-state index in [0.29, 0.717) is 5.57 Å². The van der Waals surface area contributed by atoms with Crippen molar-refractivity contribution < 1.29 is 43.9 Å². The van der Waals surface area contributed by atoms with Crippen molar-refractivity contribution in [2.24, 2.45) is 17.8 Å². The van der Waals surface area contributed by atoms with E-state index in [2.05, 4.69) is 13.2 Å². The molecule has 0 aromatic heterocycles. The molecule has 2 fully saturated rings. The molecule has 0 bridgehead atoms. The van der Waals surface area contributed by atoms with Gasteiger partial charge in [0.1, 0.15) is 18.8 Å². The molecule has 9 nitrogen and oxygen atoms in total. The van der Waals surface area contributed by atoms with Crippen molar-refractivity contribution in [2.45, 2.75) is 38.1 Å². The Hall–Kier alpha value is -3.01. The smallest absolute Gasteiger partial charge is 0.337 e. The Bertz CT molecular complexity index is 984. The van der Waals surface area contributed by atoms with Gasteiger partial charge in [0.05, 0.1) is 35.9 Å². The predicted molar refractivity (Wildman–Crippen MR) is 120 cm³/mol. The Morgan fingerprint density at radius 3 is 2.59 bits per heavy atom. The van der Waals surface area contributed by atoms with Crippen LogP contribution in [-0.4, -0.2) is 70.9 Å². The Labute approximate surface area is 197 Å². The van der Waals surface area contributed by atoms with E-state index in [4.69, 9.17) is 14.2 Å². The minimum absolute atomic E-state index is 0.0178. The molecule has 0 aromatic carbocycles. The van der Waals surface area contributed by atoms with Gasteiger partial charge in [-0.3, -0.25) is 0 Å². The quantitative estimate of drug-likeness (QED) is 0.213. The predicted octanol–water partition coefficient (Wildman–Crippen LogP) is 0.910. The van der Waals surface area contributed by atoms with Crippen LogP contribution in [0.1, 0.15) is 20.3 Å². The lowest BCUT2D eigenvalue weighted by molar-refractivity contribution is -0.151. The average molecular weight is 475 g/mol. The summed E-state index contributed by atoms with van der Waals surface area (Å²) in [7, 11) is 0. The zero-order valence-corrected chi connectivity index (χ0v) is 19.2. The maximum absolute atomic E-state index is 13.0. The number of ether oxygens (including phenoxy) is 3. The summed E-state index contributed by atoms with van der Waals surface area (Å²) in [6.07, 6.45) is 4.56. The van der Waals surface area contributed by atoms with E-state index in [1.165, 1.54) is 6.08 Å². The molecule has 3 rings (SSSR count). The summed E-state index contributed by atoms with van der Waals surface area (Å²) in [5.41, 5.74) is -0.510. The molecule has 34 heavy (non-hydrogen) atoms. The van der Waals surface area contributed by atoms with Crippen molar-refractivity contribution in [3.05, 3.63) is 59.8 Å². The first kappa shape index (κ1) is 25.6. The normalized spacial score (nSPS) is 33.2. The van der Waals surface area contributed by atoms with Crippen molar-refractivity contribution in [2.75, 3.05) is 19.8 Å². The van der Waals surface area contributed by atoms with Crippen LogP contribution < -0.4 is 0 Å². The van der Waals surface area contributed by atoms with Gasteiger partial charge in [-0.15, -0.1) is 0 Å². The highest BCUT2D eigenvalue weighted by molar-refractivity contribution is 5.93. The number of carbonyl (C=O) groups is 3. The van der Waals surface area contributed by atoms with Crippen LogP contribution in [0.25, 0.3) is 0 Å². The highest BCUT2D eigenvalue weighted by Crippen LogP contribution is 2.51. The molecule has 1 saturated heterocycles. The summed E-state index contributed by atoms with van der Waals surface area (Å²) < 4.78 is 16.4. The maximum Gasteiger partial charge on any atom is 0.337 e. The summed E-state index contributed by atoms with van der Waals surface area (Å²) in [6.45, 7) is 9.61. The number of hydrogen-bond acceptors (Lipinski definition) is 9. The van der Waals surface area contributed by atoms with E-state index in [0.717, 1.165) is 6.08 Å². The Balaban J connectivity index is 1.83. The first-order valence-corrected chi connectivity index (χ1v) is 11.0. The second-order valence-electron chi connectivity index (χ2n) is 8.82. The fraction of sp³-hybridized carbons (Fsp3) is 0.480. The number of hydrogen-bond donors (Lipinski definition) is 3. The van der Waals surface area contributed by atoms with Crippen LogP contribution in [0.15, 0.2) is 59.8 Å². The van der Waals surface area contributed by atoms with E-state index in [1.54, 1.807) is 19.9 Å². The minimum atomic E-state index is -1.26. The Morgan fingerprint density at radius 2 is 1.97 bits per heavy atom. The number of carbonyl (C=O) groups excluding carboxylic acids is 3. The van der Waals surface area contributed by atoms with E-state index in [9.17, 15) is 29.7 Å². The van der Waals surface area contributed by atoms with E-state index >= 15 is 0 Å². The number of rotatable bonds is 7. The first-order valence-electron chi connectivity index (χ1n) is 11.0. The third kappa shape index (κ3) is 4.77. The third-order valence-corrected chi connectivity index (χ3v) is 6.65. The molecule has 1 heterocycles. The standard InChI is InChI=1S/C25H30O9/c1-5-15(11-27)23(29)32-12-16(7-9-26)24(30)33-18-10-13(2)17-6-8-25(4,31)20(17)21-19(18)14(3)22(28)34-21/h5-8,17-21,26-27,31H,2-3,9-12H2,1,4H3/b15-5+,16-7+/t17-,18-,19-,20+,21-,25+/m1/s1. The number of aliphatic hydroxyl groups is 3. The van der Waals surface area contributed by atoms with Gasteiger partial charge >= 0.3 is 17.9 Å². The third-order valence-electron chi connectivity index (χ3n) is 6.65. The lowest BCUT2D eigenvalue weighted by Crippen LogP contribution is -2.44. The van der Waals surface area contributed by atoms with Gasteiger partial charge in [0.25, 0.3) is 0 Å². The van der Waals surface area contributed by atoms with Gasteiger partial charge in [0, 0.05) is 23.8 Å². The molecule has 6 atom stereocenters. The highest BCUT2D eigenvalue weighted by atomic mass is 16.6. The molecule has 0 unspecified atom stereocenters. The zero-order chi connectivity index (χ0) is 25.2. The number of allylic oxidation sites excluding steroid dienone is 2. The van der Waals surface area contributed by atoms with E-state index < -0.39 is 67.4 Å². The van der Waals surface area contributed by atoms with Gasteiger partial charge in [-0.2, -0.15) is 0 Å². The number of fused-ring (bicyclic) bond motifs is 3. The topological polar surface area (TPSA) is 140 Å². The molecule has 3 aliphatic rings. The van der Waals surface area contributed by atoms with Crippen molar-refractivity contribution in [1.29, 1.82) is 0 Å². The van der Waals surface area contributed by atoms with Crippen LogP contribution in [0, 0.1) is 17.8 Å². The van der Waals surface area contributed by atoms with Crippen LogP contribution in [0.3, 0.4) is 0 Å². The van der Waals surface area contributed by atoms with Gasteiger partial charge < -0.3 is 29.5 Å². The lowest BCUT2D eigenvalue weighted by atomic mass is 9.76. The molecule has 0 aromatic rings. The number of aliphatic hydroxyl groups excluding tert-OH is 2. The van der Waals surface area contributed by atoms with Crippen molar-refractivity contribution in [1.82, 2.24) is 0 Å². The van der Waals surface area contributed by atoms with Crippen molar-refractivity contribution >= 4 is 17.9 Å². The van der Waals surface area contributed by atoms with Gasteiger partial charge in [-0.05, 0) is 19.9 Å². The molecule has 1 aliphatic heterocycles. The van der Waals surface area contributed by atoms with Gasteiger partial charge in [0.15, 0.2) is 0 Å². The molecule has 1 saturated carbocycles. The molecule has 9 heteroatoms. The van der Waals surface area contributed by atoms with Crippen LogP contribution in [0.2, 0.25) is 0 Å². The molecule has 0 spiro atoms. The SMILES string of the molecule is C=C1C(=O)O[C@@H]2[C@H]1[C@H](OC(=O)/C(=C/CO)COC(=O)/C(=C/C)CO)CC(=C)[C@H]1C=C[C@](C)(O)[C@H]21. The van der Waals surface area contributed by atoms with Crippen molar-refractivity contribution in [3.63, 3.8) is 0 Å². The summed E-state index contributed by atoms with van der Waals surface area (Å²) in [4.78, 5) is 37.4. The van der Waals surface area contributed by atoms with Crippen molar-refractivity contribution in [3.8, 4) is 0 Å². The summed E-state index contributed by atoms with van der Waals surface area (Å²) >= 11 is 0. The van der Waals surface area contributed by atoms with Crippen LogP contribution >= 0.6 is 0 Å². The molecule has 3 N–H and O–H groups in total. The maximum atomic E-state index is 13.0. The number of esters is 3. The summed E-state index contributed by atoms with van der Waals surface area (Å²) in [5, 5.41) is 29.4. The largest absolute Gasteiger partial charge is 0.458 e. The fourth-order valence-corrected chi connectivity index (χ4v) is 4.83. The monoisotopic (exact) mass is 474 g/mol. The molecule has 184 valence electrons. The van der Waals surface area contributed by atoms with Crippen LogP contribution in [-0.2, 0) is 28.6 Å². The molecule has 0 radical (unpaired) electrons. The second kappa shape index (κ2) is 10.1. The van der Waals surface area contributed by atoms with Gasteiger partial charge in [0.2, 0.25) is 0 Å². The second-order valence-corrected chi connectivity index (χ2v) is 8.82. The summed E-state index contributed by atoms with van der Waals surface area (Å²) in [5.74, 6) is -3.79. The van der Waals surface area contributed by atoms with Crippen LogP contribution in [0.4, 0.5) is 0 Å². The van der Waals surface area contributed by atoms with E-state index in [1.807, 2.05) is 6.08 Å². The lowest BCUT2D eigenvalue weighted by Gasteiger charge is -2.34. The fourth-order valence-electron chi connectivity index (χ4n) is 4.83.